The number of benzene rings is 1. The number of fused-ring (bicyclic) bond motifs is 5. The molecular formula is C58H77N9O8S. The molecule has 3 aromatic heterocycles. The summed E-state index contributed by atoms with van der Waals surface area (Å²) in [5.74, 6) is -0.504. The maximum atomic E-state index is 15.5. The molecule has 18 heteroatoms. The molecule has 10 fully saturated rings. The topological polar surface area (TPSA) is 165 Å². The van der Waals surface area contributed by atoms with Gasteiger partial charge in [0.2, 0.25) is 0 Å². The highest BCUT2D eigenvalue weighted by Crippen LogP contribution is 2.53. The predicted molar refractivity (Wildman–Crippen MR) is 289 cm³/mol. The van der Waals surface area contributed by atoms with Gasteiger partial charge in [-0.3, -0.25) is 34.2 Å². The van der Waals surface area contributed by atoms with E-state index in [2.05, 4.69) is 80.4 Å². The van der Waals surface area contributed by atoms with Gasteiger partial charge < -0.3 is 38.5 Å². The summed E-state index contributed by atoms with van der Waals surface area (Å²) in [6.07, 6.45) is 11.4. The van der Waals surface area contributed by atoms with E-state index in [1.165, 1.54) is 12.8 Å². The molecule has 10 bridgehead atoms. The van der Waals surface area contributed by atoms with Crippen molar-refractivity contribution in [3.05, 3.63) is 52.1 Å². The number of carbonyl (C=O) groups is 3. The predicted octanol–water partition coefficient (Wildman–Crippen LogP) is 6.82. The fourth-order valence-corrected chi connectivity index (χ4v) is 15.0. The van der Waals surface area contributed by atoms with Crippen LogP contribution in [0.5, 0.6) is 0 Å². The number of hydrogen-bond acceptors (Lipinski definition) is 15. The van der Waals surface area contributed by atoms with Crippen LogP contribution in [0.15, 0.2) is 35.8 Å². The van der Waals surface area contributed by atoms with Gasteiger partial charge in [-0.2, -0.15) is 0 Å². The minimum absolute atomic E-state index is 0.0121. The molecule has 2 N–H and O–H groups in total. The van der Waals surface area contributed by atoms with Gasteiger partial charge in [0.05, 0.1) is 66.5 Å². The molecule has 408 valence electrons. The van der Waals surface area contributed by atoms with E-state index in [0.717, 1.165) is 126 Å². The molecule has 8 aliphatic heterocycles. The summed E-state index contributed by atoms with van der Waals surface area (Å²) in [5.41, 5.74) is 9.93. The summed E-state index contributed by atoms with van der Waals surface area (Å²) in [5, 5.41) is 8.95. The van der Waals surface area contributed by atoms with Gasteiger partial charge in [-0.15, -0.1) is 11.3 Å². The average Bonchev–Trinajstić information content (AvgIpc) is 3.78. The molecule has 0 unspecified atom stereocenters. The monoisotopic (exact) mass is 1060 g/mol. The average molecular weight is 1060 g/mol. The highest BCUT2D eigenvalue weighted by molar-refractivity contribution is 7.10. The van der Waals surface area contributed by atoms with Crippen LogP contribution >= 0.6 is 11.3 Å². The smallest absolute Gasteiger partial charge is 0.325 e. The number of thiazole rings is 1. The number of aromatic nitrogens is 3. The van der Waals surface area contributed by atoms with Crippen molar-refractivity contribution in [1.82, 2.24) is 40.1 Å². The minimum Gasteiger partial charge on any atom is -0.464 e. The third-order valence-corrected chi connectivity index (χ3v) is 19.7. The van der Waals surface area contributed by atoms with Gasteiger partial charge in [0.15, 0.2) is 0 Å². The number of amides is 2. The molecule has 1 aromatic carbocycles. The van der Waals surface area contributed by atoms with E-state index >= 15 is 4.79 Å². The number of hydrazine groups is 1. The van der Waals surface area contributed by atoms with Crippen LogP contribution in [0, 0.1) is 17.3 Å². The number of nitrogens with zero attached hydrogens (tertiary/aromatic N) is 7. The lowest BCUT2D eigenvalue weighted by Crippen LogP contribution is -2.72. The molecule has 3 aliphatic carbocycles. The molecule has 3 saturated carbocycles. The number of methoxy groups -OCH3 is 1. The molecule has 4 aromatic rings. The van der Waals surface area contributed by atoms with Crippen molar-refractivity contribution in [3.63, 3.8) is 0 Å². The summed E-state index contributed by atoms with van der Waals surface area (Å²) < 4.78 is 33.8. The summed E-state index contributed by atoms with van der Waals surface area (Å²) in [6, 6.07) is 7.42. The number of cyclic esters (lactones) is 1. The summed E-state index contributed by atoms with van der Waals surface area (Å²) in [7, 11) is 1.75. The number of anilines is 1. The Hall–Kier alpha value is -4.53. The first kappa shape index (κ1) is 50.9. The lowest BCUT2D eigenvalue weighted by atomic mass is 9.72. The molecule has 7 saturated heterocycles. The number of piperazine rings is 1. The number of hydrogen-bond donors (Lipinski definition) is 2. The van der Waals surface area contributed by atoms with Gasteiger partial charge >= 0.3 is 5.97 Å². The van der Waals surface area contributed by atoms with Gasteiger partial charge in [0.25, 0.3) is 11.8 Å². The standard InChI is InChI=1S/C58H77N9O8S/c1-34-38-28-58(29-38,75-34)56(70)61-50-52(65-14-6-7-15-65)53-60-46(32-76-53)36-8-11-47-43(26-36)45(30-57(3,4)33-74-55(69)49-37-24-40(25-37)67(62-49)54(50)68)51(66(47)20-23-73-42-12-21-72-22-13-42)44-27-41(31-59-48(44)35(2)71-5)64-18-16-63(17-19-64)39-9-10-39/h8,11,26-27,31-32,34-35,37-40,42,49-50,52,62H,6-7,9-10,12-25,28-30,33H2,1-5H3,(H,61,70)/t34-,35-,37?,38?,40?,49-,50-,52-,58?/m0/s1. The van der Waals surface area contributed by atoms with E-state index in [-0.39, 0.29) is 54.7 Å². The van der Waals surface area contributed by atoms with Crippen LogP contribution in [0.3, 0.4) is 0 Å². The molecular weight excluding hydrogens is 983 g/mol. The second kappa shape index (κ2) is 20.3. The maximum Gasteiger partial charge on any atom is 0.325 e. The van der Waals surface area contributed by atoms with Crippen LogP contribution in [0.25, 0.3) is 33.4 Å². The van der Waals surface area contributed by atoms with Gasteiger partial charge in [-0.25, -0.2) is 10.4 Å². The van der Waals surface area contributed by atoms with Gasteiger partial charge in [0, 0.05) is 98.0 Å². The van der Waals surface area contributed by atoms with Crippen LogP contribution in [-0.4, -0.2) is 162 Å². The lowest BCUT2D eigenvalue weighted by Gasteiger charge is -2.53. The van der Waals surface area contributed by atoms with E-state index in [4.69, 9.17) is 33.7 Å². The Morgan fingerprint density at radius 1 is 0.974 bits per heavy atom. The zero-order chi connectivity index (χ0) is 52.0. The fourth-order valence-electron chi connectivity index (χ4n) is 14.0. The number of carbonyl (C=O) groups excluding carboxylic acids is 3. The molecule has 0 spiro atoms. The Morgan fingerprint density at radius 2 is 1.75 bits per heavy atom. The molecule has 5 atom stereocenters. The van der Waals surface area contributed by atoms with Crippen molar-refractivity contribution in [1.29, 1.82) is 0 Å². The summed E-state index contributed by atoms with van der Waals surface area (Å²) in [4.78, 5) is 62.9. The zero-order valence-corrected chi connectivity index (χ0v) is 45.9. The molecule has 2 amide bonds. The highest BCUT2D eigenvalue weighted by Gasteiger charge is 2.62. The zero-order valence-electron chi connectivity index (χ0n) is 45.1. The number of likely N-dealkylation sites (tertiary alicyclic amines) is 1. The third-order valence-electron chi connectivity index (χ3n) is 18.8. The molecule has 0 radical (unpaired) electrons. The SMILES string of the molecule is CO[C@@H](C)c1ncc(N2CCN(C3CC3)CC2)cc1-c1c2c3cc(ccc3n1CCOC1CCOCC1)-c1csc(n1)[C@@H](N1CCCC1)[C@H](NC(=O)C13CC(C1)[C@H](C)O3)C(=O)N1N[C@H](C(=O)OCC(C)(C)C2)C2CC1C2. The van der Waals surface area contributed by atoms with E-state index in [9.17, 15) is 9.59 Å². The minimum atomic E-state index is -0.985. The second-order valence-corrected chi connectivity index (χ2v) is 25.4. The van der Waals surface area contributed by atoms with Crippen LogP contribution in [0.1, 0.15) is 120 Å². The summed E-state index contributed by atoms with van der Waals surface area (Å²) in [6.45, 7) is 16.6. The lowest BCUT2D eigenvalue weighted by molar-refractivity contribution is -0.172. The molecule has 11 aliphatic rings. The second-order valence-electron chi connectivity index (χ2n) is 24.5. The third kappa shape index (κ3) is 9.37. The van der Waals surface area contributed by atoms with Gasteiger partial charge in [-0.05, 0) is 133 Å². The van der Waals surface area contributed by atoms with E-state index in [1.54, 1.807) is 23.5 Å². The number of pyridine rings is 1. The molecule has 17 nitrogen and oxygen atoms in total. The van der Waals surface area contributed by atoms with Crippen molar-refractivity contribution < 1.29 is 38.1 Å². The Bertz CT molecular complexity index is 2840. The van der Waals surface area contributed by atoms with Crippen molar-refractivity contribution in [2.24, 2.45) is 17.3 Å². The van der Waals surface area contributed by atoms with Crippen LogP contribution in [-0.2, 0) is 51.0 Å². The van der Waals surface area contributed by atoms with Crippen molar-refractivity contribution >= 4 is 45.7 Å². The van der Waals surface area contributed by atoms with Gasteiger partial charge in [-0.1, -0.05) is 19.9 Å². The van der Waals surface area contributed by atoms with Crippen molar-refractivity contribution in [3.8, 4) is 22.5 Å². The Kier molecular flexibility index (Phi) is 13.6. The van der Waals surface area contributed by atoms with E-state index < -0.39 is 29.1 Å². The first-order valence-corrected chi connectivity index (χ1v) is 29.5. The van der Waals surface area contributed by atoms with E-state index in [1.807, 2.05) is 13.1 Å². The van der Waals surface area contributed by atoms with Gasteiger partial charge in [0.1, 0.15) is 22.7 Å². The van der Waals surface area contributed by atoms with Crippen molar-refractivity contribution in [2.75, 3.05) is 77.7 Å². The highest BCUT2D eigenvalue weighted by atomic mass is 32.1. The first-order chi connectivity index (χ1) is 36.8. The fraction of sp³-hybridized carbons (Fsp3) is 0.672. The molecule has 76 heavy (non-hydrogen) atoms. The van der Waals surface area contributed by atoms with Crippen LogP contribution in [0.4, 0.5) is 5.69 Å². The molecule has 15 rings (SSSR count). The quantitative estimate of drug-likeness (QED) is 0.142. The Labute approximate surface area is 450 Å². The number of esters is 1. The van der Waals surface area contributed by atoms with Crippen molar-refractivity contribution in [2.45, 2.75) is 159 Å². The number of rotatable bonds is 12. The Morgan fingerprint density at radius 3 is 2.47 bits per heavy atom. The number of ether oxygens (including phenoxy) is 5. The molecule has 11 heterocycles. The van der Waals surface area contributed by atoms with E-state index in [0.29, 0.717) is 64.4 Å². The summed E-state index contributed by atoms with van der Waals surface area (Å²) >= 11 is 1.54. The van der Waals surface area contributed by atoms with Crippen LogP contribution in [0.2, 0.25) is 0 Å². The maximum absolute atomic E-state index is 15.5. The first-order valence-electron chi connectivity index (χ1n) is 28.6. The Balaban J connectivity index is 0.954. The largest absolute Gasteiger partial charge is 0.464 e. The normalized spacial score (nSPS) is 31.5. The van der Waals surface area contributed by atoms with Crippen LogP contribution < -0.4 is 15.6 Å². The number of nitrogens with one attached hydrogen (secondary N) is 2.